The lowest BCUT2D eigenvalue weighted by atomic mass is 9.93. The number of aromatic nitrogens is 2. The molecular formula is C12H21N3O. The molecule has 0 bridgehead atoms. The van der Waals surface area contributed by atoms with Crippen molar-refractivity contribution in [2.24, 2.45) is 7.05 Å². The molecule has 0 fully saturated rings. The van der Waals surface area contributed by atoms with E-state index >= 15 is 0 Å². The van der Waals surface area contributed by atoms with Crippen molar-refractivity contribution in [1.82, 2.24) is 14.7 Å². The maximum absolute atomic E-state index is 12.0. The van der Waals surface area contributed by atoms with Crippen LogP contribution in [0, 0.1) is 0 Å². The first-order valence-corrected chi connectivity index (χ1v) is 5.52. The van der Waals surface area contributed by atoms with Crippen LogP contribution < -0.4 is 0 Å². The average molecular weight is 223 g/mol. The zero-order valence-corrected chi connectivity index (χ0v) is 10.8. The van der Waals surface area contributed by atoms with Gasteiger partial charge in [-0.1, -0.05) is 0 Å². The van der Waals surface area contributed by atoms with Gasteiger partial charge in [0, 0.05) is 19.7 Å². The van der Waals surface area contributed by atoms with E-state index in [4.69, 9.17) is 0 Å². The summed E-state index contributed by atoms with van der Waals surface area (Å²) in [6.45, 7) is 3.91. The van der Waals surface area contributed by atoms with Crippen molar-refractivity contribution < 1.29 is 4.79 Å². The summed E-state index contributed by atoms with van der Waals surface area (Å²) in [4.78, 5) is 14.0. The summed E-state index contributed by atoms with van der Waals surface area (Å²) in [6, 6.07) is 0. The Morgan fingerprint density at radius 2 is 2.12 bits per heavy atom. The van der Waals surface area contributed by atoms with Gasteiger partial charge in [0.05, 0.1) is 11.7 Å². The molecule has 1 rings (SSSR count). The topological polar surface area (TPSA) is 38.1 Å². The number of rotatable bonds is 5. The lowest BCUT2D eigenvalue weighted by Crippen LogP contribution is -2.45. The van der Waals surface area contributed by atoms with Crippen LogP contribution in [0.25, 0.3) is 0 Å². The van der Waals surface area contributed by atoms with E-state index in [0.29, 0.717) is 6.42 Å². The van der Waals surface area contributed by atoms with Crippen molar-refractivity contribution in [3.8, 4) is 0 Å². The number of hydrogen-bond donors (Lipinski definition) is 0. The van der Waals surface area contributed by atoms with Crippen molar-refractivity contribution in [3.63, 3.8) is 0 Å². The summed E-state index contributed by atoms with van der Waals surface area (Å²) in [5.74, 6) is 0.265. The van der Waals surface area contributed by atoms with Crippen molar-refractivity contribution in [3.05, 3.63) is 18.0 Å². The molecule has 0 unspecified atom stereocenters. The van der Waals surface area contributed by atoms with E-state index < -0.39 is 0 Å². The van der Waals surface area contributed by atoms with E-state index in [1.165, 1.54) is 0 Å². The number of hydrogen-bond acceptors (Lipinski definition) is 3. The minimum absolute atomic E-state index is 0.265. The SMILES string of the molecule is CN(C)C(C)(C)C(=O)CCc1cnn(C)c1. The first-order valence-electron chi connectivity index (χ1n) is 5.52. The predicted molar refractivity (Wildman–Crippen MR) is 64.3 cm³/mol. The Bertz CT molecular complexity index is 366. The van der Waals surface area contributed by atoms with Gasteiger partial charge in [-0.2, -0.15) is 5.10 Å². The molecule has 1 aromatic heterocycles. The van der Waals surface area contributed by atoms with Crippen molar-refractivity contribution >= 4 is 5.78 Å². The van der Waals surface area contributed by atoms with Crippen LogP contribution in [0.1, 0.15) is 25.8 Å². The smallest absolute Gasteiger partial charge is 0.152 e. The molecule has 0 saturated carbocycles. The summed E-state index contributed by atoms with van der Waals surface area (Å²) in [7, 11) is 5.75. The highest BCUT2D eigenvalue weighted by molar-refractivity contribution is 5.87. The van der Waals surface area contributed by atoms with Gasteiger partial charge in [0.25, 0.3) is 0 Å². The molecule has 0 N–H and O–H groups in total. The number of likely N-dealkylation sites (N-methyl/N-ethyl adjacent to an activating group) is 1. The molecule has 1 heterocycles. The molecule has 0 aliphatic carbocycles. The fourth-order valence-electron chi connectivity index (χ4n) is 1.41. The highest BCUT2D eigenvalue weighted by Gasteiger charge is 2.28. The summed E-state index contributed by atoms with van der Waals surface area (Å²) in [5.41, 5.74) is 0.729. The van der Waals surface area contributed by atoms with Crippen LogP contribution in [0.3, 0.4) is 0 Å². The molecule has 4 heteroatoms. The van der Waals surface area contributed by atoms with E-state index in [9.17, 15) is 4.79 Å². The van der Waals surface area contributed by atoms with Gasteiger partial charge in [0.2, 0.25) is 0 Å². The molecule has 0 atom stereocenters. The Kier molecular flexibility index (Phi) is 3.86. The predicted octanol–water partition coefficient (Wildman–Crippen LogP) is 1.26. The minimum Gasteiger partial charge on any atom is -0.298 e. The minimum atomic E-state index is -0.387. The normalized spacial score (nSPS) is 12.1. The lowest BCUT2D eigenvalue weighted by Gasteiger charge is -2.30. The van der Waals surface area contributed by atoms with Gasteiger partial charge in [-0.25, -0.2) is 0 Å². The molecular weight excluding hydrogens is 202 g/mol. The van der Waals surface area contributed by atoms with E-state index in [1.807, 2.05) is 52.3 Å². The Hall–Kier alpha value is -1.16. The standard InChI is InChI=1S/C12H21N3O/c1-12(2,14(3)4)11(16)7-6-10-8-13-15(5)9-10/h8-9H,6-7H2,1-5H3. The van der Waals surface area contributed by atoms with Crippen LogP contribution in [0.5, 0.6) is 0 Å². The van der Waals surface area contributed by atoms with Crippen LogP contribution >= 0.6 is 0 Å². The highest BCUT2D eigenvalue weighted by Crippen LogP contribution is 2.15. The second-order valence-corrected chi connectivity index (χ2v) is 4.90. The number of nitrogens with zero attached hydrogens (tertiary/aromatic N) is 3. The third-order valence-electron chi connectivity index (χ3n) is 3.20. The van der Waals surface area contributed by atoms with Crippen molar-refractivity contribution in [1.29, 1.82) is 0 Å². The molecule has 0 aromatic carbocycles. The molecule has 0 aliphatic heterocycles. The summed E-state index contributed by atoms with van der Waals surface area (Å²) >= 11 is 0. The fraction of sp³-hybridized carbons (Fsp3) is 0.667. The van der Waals surface area contributed by atoms with Gasteiger partial charge < -0.3 is 0 Å². The Morgan fingerprint density at radius 3 is 2.56 bits per heavy atom. The van der Waals surface area contributed by atoms with Gasteiger partial charge in [-0.05, 0) is 39.9 Å². The molecule has 0 aliphatic rings. The molecule has 1 aromatic rings. The summed E-state index contributed by atoms with van der Waals surface area (Å²) in [5, 5.41) is 4.09. The van der Waals surface area contributed by atoms with Crippen molar-refractivity contribution in [2.75, 3.05) is 14.1 Å². The highest BCUT2D eigenvalue weighted by atomic mass is 16.1. The van der Waals surface area contributed by atoms with E-state index in [1.54, 1.807) is 4.68 Å². The van der Waals surface area contributed by atoms with Crippen LogP contribution in [0.4, 0.5) is 0 Å². The summed E-state index contributed by atoms with van der Waals surface area (Å²) < 4.78 is 1.76. The van der Waals surface area contributed by atoms with E-state index in [-0.39, 0.29) is 11.3 Å². The van der Waals surface area contributed by atoms with Gasteiger partial charge >= 0.3 is 0 Å². The maximum Gasteiger partial charge on any atom is 0.152 e. The molecule has 0 saturated heterocycles. The maximum atomic E-state index is 12.0. The van der Waals surface area contributed by atoms with Gasteiger partial charge in [0.1, 0.15) is 0 Å². The number of carbonyl (C=O) groups is 1. The number of ketones is 1. The average Bonchev–Trinajstić information content (AvgIpc) is 2.60. The monoisotopic (exact) mass is 223 g/mol. The van der Waals surface area contributed by atoms with Gasteiger partial charge in [-0.15, -0.1) is 0 Å². The van der Waals surface area contributed by atoms with Crippen LogP contribution in [-0.4, -0.2) is 40.1 Å². The Labute approximate surface area is 97.2 Å². The number of carbonyl (C=O) groups excluding carboxylic acids is 1. The van der Waals surface area contributed by atoms with E-state index in [0.717, 1.165) is 12.0 Å². The second kappa shape index (κ2) is 4.78. The third kappa shape index (κ3) is 2.92. The third-order valence-corrected chi connectivity index (χ3v) is 3.20. The largest absolute Gasteiger partial charge is 0.298 e. The Balaban J connectivity index is 2.53. The molecule has 4 nitrogen and oxygen atoms in total. The Morgan fingerprint density at radius 1 is 1.50 bits per heavy atom. The van der Waals surface area contributed by atoms with Crippen LogP contribution in [0.15, 0.2) is 12.4 Å². The zero-order chi connectivity index (χ0) is 12.3. The second-order valence-electron chi connectivity index (χ2n) is 4.90. The molecule has 0 radical (unpaired) electrons. The fourth-order valence-corrected chi connectivity index (χ4v) is 1.41. The first-order chi connectivity index (χ1) is 7.34. The first kappa shape index (κ1) is 12.9. The zero-order valence-electron chi connectivity index (χ0n) is 10.8. The van der Waals surface area contributed by atoms with Crippen molar-refractivity contribution in [2.45, 2.75) is 32.2 Å². The number of Topliss-reactive ketones (excluding diaryl/α,β-unsaturated/α-hetero) is 1. The molecule has 0 spiro atoms. The number of aryl methyl sites for hydroxylation is 2. The lowest BCUT2D eigenvalue weighted by molar-refractivity contribution is -0.127. The molecule has 0 amide bonds. The van der Waals surface area contributed by atoms with Gasteiger partial charge in [-0.3, -0.25) is 14.4 Å². The van der Waals surface area contributed by atoms with Gasteiger partial charge in [0.15, 0.2) is 5.78 Å². The van der Waals surface area contributed by atoms with Crippen LogP contribution in [0.2, 0.25) is 0 Å². The van der Waals surface area contributed by atoms with E-state index in [2.05, 4.69) is 5.10 Å². The van der Waals surface area contributed by atoms with Crippen LogP contribution in [-0.2, 0) is 18.3 Å². The molecule has 90 valence electrons. The molecule has 16 heavy (non-hydrogen) atoms. The quantitative estimate of drug-likeness (QED) is 0.754. The summed E-state index contributed by atoms with van der Waals surface area (Å²) in [6.07, 6.45) is 5.10.